The lowest BCUT2D eigenvalue weighted by Crippen LogP contribution is -2.51. The first-order chi connectivity index (χ1) is 7.84. The Labute approximate surface area is 108 Å². The molecule has 3 rings (SSSR count). The van der Waals surface area contributed by atoms with Gasteiger partial charge in [-0.1, -0.05) is 0 Å². The summed E-state index contributed by atoms with van der Waals surface area (Å²) in [5.41, 5.74) is 0. The predicted molar refractivity (Wildman–Crippen MR) is 71.3 cm³/mol. The van der Waals surface area contributed by atoms with E-state index >= 15 is 0 Å². The van der Waals surface area contributed by atoms with E-state index in [-0.39, 0.29) is 0 Å². The number of fused-ring (bicyclic) bond motifs is 3. The molecule has 1 saturated heterocycles. The Balaban J connectivity index is 2.00. The molecule has 0 aliphatic carbocycles. The van der Waals surface area contributed by atoms with Crippen molar-refractivity contribution in [1.29, 1.82) is 0 Å². The molecule has 2 aliphatic heterocycles. The molecule has 86 valence electrons. The number of anilines is 1. The van der Waals surface area contributed by atoms with Crippen LogP contribution in [0.2, 0.25) is 0 Å². The van der Waals surface area contributed by atoms with E-state index in [1.807, 2.05) is 18.0 Å². The molecule has 1 atom stereocenters. The summed E-state index contributed by atoms with van der Waals surface area (Å²) in [6, 6.07) is 2.81. The molecule has 1 aromatic heterocycles. The van der Waals surface area contributed by atoms with Crippen molar-refractivity contribution in [3.05, 3.63) is 16.7 Å². The van der Waals surface area contributed by atoms with Gasteiger partial charge in [0, 0.05) is 42.1 Å². The van der Waals surface area contributed by atoms with Crippen molar-refractivity contribution in [3.8, 4) is 0 Å². The summed E-state index contributed by atoms with van der Waals surface area (Å²) >= 11 is 5.42. The molecule has 5 heteroatoms. The van der Waals surface area contributed by atoms with Crippen LogP contribution >= 0.6 is 27.7 Å². The van der Waals surface area contributed by atoms with Crippen LogP contribution in [0.1, 0.15) is 6.42 Å². The number of halogens is 1. The standard InChI is InChI=1S/C11H14BrN3S/c12-8-5-10-11(14-6-8)15-3-2-13-7-9(15)1-4-16-10/h5-6,9,13H,1-4,7H2/t9-/m0/s1. The molecule has 3 nitrogen and oxygen atoms in total. The van der Waals surface area contributed by atoms with E-state index in [4.69, 9.17) is 0 Å². The Morgan fingerprint density at radius 1 is 1.56 bits per heavy atom. The van der Waals surface area contributed by atoms with Crippen molar-refractivity contribution in [1.82, 2.24) is 10.3 Å². The van der Waals surface area contributed by atoms with Gasteiger partial charge in [-0.05, 0) is 28.4 Å². The molecule has 0 bridgehead atoms. The molecule has 0 unspecified atom stereocenters. The molecule has 0 radical (unpaired) electrons. The van der Waals surface area contributed by atoms with Crippen molar-refractivity contribution in [2.75, 3.05) is 30.3 Å². The quantitative estimate of drug-likeness (QED) is 0.794. The fourth-order valence-corrected chi connectivity index (χ4v) is 3.94. The van der Waals surface area contributed by atoms with E-state index in [9.17, 15) is 0 Å². The number of pyridine rings is 1. The predicted octanol–water partition coefficient (Wildman–Crippen LogP) is 2.12. The molecule has 0 spiro atoms. The average molecular weight is 300 g/mol. The van der Waals surface area contributed by atoms with Gasteiger partial charge in [0.1, 0.15) is 5.82 Å². The second-order valence-electron chi connectivity index (χ2n) is 4.16. The lowest BCUT2D eigenvalue weighted by molar-refractivity contribution is 0.465. The Morgan fingerprint density at radius 3 is 3.44 bits per heavy atom. The van der Waals surface area contributed by atoms with Crippen molar-refractivity contribution in [2.24, 2.45) is 0 Å². The first-order valence-corrected chi connectivity index (χ1v) is 7.38. The second kappa shape index (κ2) is 4.55. The normalized spacial score (nSPS) is 24.6. The molecule has 1 N–H and O–H groups in total. The van der Waals surface area contributed by atoms with Crippen molar-refractivity contribution < 1.29 is 0 Å². The van der Waals surface area contributed by atoms with Crippen molar-refractivity contribution >= 4 is 33.5 Å². The monoisotopic (exact) mass is 299 g/mol. The molecular weight excluding hydrogens is 286 g/mol. The highest BCUT2D eigenvalue weighted by Gasteiger charge is 2.27. The third-order valence-electron chi connectivity index (χ3n) is 3.13. The fourth-order valence-electron chi connectivity index (χ4n) is 2.34. The van der Waals surface area contributed by atoms with E-state index in [1.165, 1.54) is 22.9 Å². The summed E-state index contributed by atoms with van der Waals surface area (Å²) in [6.07, 6.45) is 3.15. The number of piperazine rings is 1. The van der Waals surface area contributed by atoms with E-state index in [0.29, 0.717) is 6.04 Å². The Morgan fingerprint density at radius 2 is 2.50 bits per heavy atom. The fraction of sp³-hybridized carbons (Fsp3) is 0.545. The van der Waals surface area contributed by atoms with Crippen LogP contribution in [0.15, 0.2) is 21.6 Å². The number of aromatic nitrogens is 1. The zero-order valence-electron chi connectivity index (χ0n) is 8.95. The first kappa shape index (κ1) is 10.9. The number of nitrogens with zero attached hydrogens (tertiary/aromatic N) is 2. The summed E-state index contributed by atoms with van der Waals surface area (Å²) in [4.78, 5) is 8.38. The zero-order valence-corrected chi connectivity index (χ0v) is 11.4. The van der Waals surface area contributed by atoms with Gasteiger partial charge in [0.25, 0.3) is 0 Å². The lowest BCUT2D eigenvalue weighted by Gasteiger charge is -2.36. The van der Waals surface area contributed by atoms with Crippen LogP contribution in [0.3, 0.4) is 0 Å². The first-order valence-electron chi connectivity index (χ1n) is 5.60. The van der Waals surface area contributed by atoms with E-state index in [0.717, 1.165) is 24.1 Å². The number of rotatable bonds is 0. The van der Waals surface area contributed by atoms with Crippen LogP contribution in [0.5, 0.6) is 0 Å². The summed E-state index contributed by atoms with van der Waals surface area (Å²) in [5, 5.41) is 3.47. The van der Waals surface area contributed by atoms with Gasteiger partial charge in [-0.3, -0.25) is 0 Å². The third-order valence-corrected chi connectivity index (χ3v) is 4.62. The molecule has 2 aliphatic rings. The zero-order chi connectivity index (χ0) is 11.0. The highest BCUT2D eigenvalue weighted by atomic mass is 79.9. The number of hydrogen-bond donors (Lipinski definition) is 1. The Bertz CT molecular complexity index is 399. The summed E-state index contributed by atoms with van der Waals surface area (Å²) in [7, 11) is 0. The maximum Gasteiger partial charge on any atom is 0.142 e. The largest absolute Gasteiger partial charge is 0.350 e. The van der Waals surface area contributed by atoms with Gasteiger partial charge in [-0.2, -0.15) is 0 Å². The number of nitrogens with one attached hydrogen (secondary N) is 1. The molecule has 0 aromatic carbocycles. The van der Waals surface area contributed by atoms with Gasteiger partial charge in [-0.25, -0.2) is 4.98 Å². The molecule has 1 aromatic rings. The minimum absolute atomic E-state index is 0.621. The van der Waals surface area contributed by atoms with Crippen LogP contribution in [0.25, 0.3) is 0 Å². The molecule has 0 amide bonds. The van der Waals surface area contributed by atoms with Gasteiger partial charge >= 0.3 is 0 Å². The lowest BCUT2D eigenvalue weighted by atomic mass is 10.1. The van der Waals surface area contributed by atoms with Gasteiger partial charge in [0.05, 0.1) is 4.90 Å². The van der Waals surface area contributed by atoms with E-state index in [2.05, 4.69) is 37.2 Å². The van der Waals surface area contributed by atoms with Gasteiger partial charge in [0.2, 0.25) is 0 Å². The SMILES string of the molecule is Brc1cnc2c(c1)SCC[C@H]1CNCCN21. The maximum atomic E-state index is 4.59. The topological polar surface area (TPSA) is 28.2 Å². The average Bonchev–Trinajstić information content (AvgIpc) is 2.47. The minimum Gasteiger partial charge on any atom is -0.350 e. The summed E-state index contributed by atoms with van der Waals surface area (Å²) in [5.74, 6) is 2.37. The second-order valence-corrected chi connectivity index (χ2v) is 6.22. The van der Waals surface area contributed by atoms with Gasteiger partial charge < -0.3 is 10.2 Å². The maximum absolute atomic E-state index is 4.59. The molecule has 16 heavy (non-hydrogen) atoms. The van der Waals surface area contributed by atoms with E-state index in [1.54, 1.807) is 0 Å². The summed E-state index contributed by atoms with van der Waals surface area (Å²) in [6.45, 7) is 3.24. The highest BCUT2D eigenvalue weighted by Crippen LogP contribution is 2.36. The third kappa shape index (κ3) is 1.96. The number of thioether (sulfide) groups is 1. The molecule has 0 saturated carbocycles. The Kier molecular flexibility index (Phi) is 3.09. The molecule has 3 heterocycles. The van der Waals surface area contributed by atoms with Crippen LogP contribution in [0, 0.1) is 0 Å². The number of hydrogen-bond acceptors (Lipinski definition) is 4. The minimum atomic E-state index is 0.621. The molecular formula is C11H14BrN3S. The Hall–Kier alpha value is -0.260. The summed E-state index contributed by atoms with van der Waals surface area (Å²) < 4.78 is 1.08. The van der Waals surface area contributed by atoms with Gasteiger partial charge in [0.15, 0.2) is 0 Å². The van der Waals surface area contributed by atoms with Crippen LogP contribution < -0.4 is 10.2 Å². The van der Waals surface area contributed by atoms with Crippen molar-refractivity contribution in [2.45, 2.75) is 17.4 Å². The smallest absolute Gasteiger partial charge is 0.142 e. The van der Waals surface area contributed by atoms with Crippen LogP contribution in [-0.4, -0.2) is 36.4 Å². The van der Waals surface area contributed by atoms with E-state index < -0.39 is 0 Å². The van der Waals surface area contributed by atoms with Crippen molar-refractivity contribution in [3.63, 3.8) is 0 Å². The van der Waals surface area contributed by atoms with Crippen LogP contribution in [-0.2, 0) is 0 Å². The highest BCUT2D eigenvalue weighted by molar-refractivity contribution is 9.10. The molecule has 1 fully saturated rings. The van der Waals surface area contributed by atoms with Gasteiger partial charge in [-0.15, -0.1) is 11.8 Å². The van der Waals surface area contributed by atoms with Crippen LogP contribution in [0.4, 0.5) is 5.82 Å².